The van der Waals surface area contributed by atoms with Gasteiger partial charge in [-0.2, -0.15) is 0 Å². The lowest BCUT2D eigenvalue weighted by Crippen LogP contribution is -2.27. The van der Waals surface area contributed by atoms with E-state index in [4.69, 9.17) is 0 Å². The first kappa shape index (κ1) is 14.7. The highest BCUT2D eigenvalue weighted by molar-refractivity contribution is 9.10. The molecule has 1 amide bonds. The van der Waals surface area contributed by atoms with Crippen LogP contribution in [0.15, 0.2) is 53.1 Å². The fourth-order valence-electron chi connectivity index (χ4n) is 1.97. The molecule has 1 N–H and O–H groups in total. The molecular weight excluding hydrogens is 316 g/mol. The number of pyridine rings is 1. The van der Waals surface area contributed by atoms with Gasteiger partial charge in [-0.1, -0.05) is 34.1 Å². The lowest BCUT2D eigenvalue weighted by molar-refractivity contribution is -0.121. The van der Waals surface area contributed by atoms with E-state index >= 15 is 0 Å². The number of nitrogens with one attached hydrogen (secondary N) is 1. The summed E-state index contributed by atoms with van der Waals surface area (Å²) >= 11 is 3.43. The summed E-state index contributed by atoms with van der Waals surface area (Å²) in [5.74, 6) is 0.0446. The highest BCUT2D eigenvalue weighted by atomic mass is 79.9. The van der Waals surface area contributed by atoms with Crippen molar-refractivity contribution in [2.24, 2.45) is 0 Å². The van der Waals surface area contributed by atoms with Crippen molar-refractivity contribution in [1.82, 2.24) is 10.3 Å². The Morgan fingerprint density at radius 1 is 1.30 bits per heavy atom. The third kappa shape index (κ3) is 4.46. The smallest absolute Gasteiger partial charge is 0.220 e. The molecule has 2 rings (SSSR count). The topological polar surface area (TPSA) is 42.0 Å². The van der Waals surface area contributed by atoms with Gasteiger partial charge in [-0.05, 0) is 43.2 Å². The first-order valence-corrected chi connectivity index (χ1v) is 7.39. The second-order valence-electron chi connectivity index (χ2n) is 4.67. The quantitative estimate of drug-likeness (QED) is 0.907. The minimum absolute atomic E-state index is 0.0446. The van der Waals surface area contributed by atoms with Crippen LogP contribution in [0.25, 0.3) is 0 Å². The number of hydrogen-bond donors (Lipinski definition) is 1. The number of carbonyl (C=O) groups is 1. The monoisotopic (exact) mass is 332 g/mol. The fraction of sp³-hybridized carbons (Fsp3) is 0.250. The minimum atomic E-state index is -0.0637. The minimum Gasteiger partial charge on any atom is -0.348 e. The van der Waals surface area contributed by atoms with Crippen LogP contribution in [0.2, 0.25) is 0 Å². The van der Waals surface area contributed by atoms with Crippen molar-refractivity contribution in [2.45, 2.75) is 25.8 Å². The normalized spacial score (nSPS) is 11.9. The average molecular weight is 333 g/mol. The van der Waals surface area contributed by atoms with Gasteiger partial charge in [-0.15, -0.1) is 0 Å². The molecule has 0 aliphatic carbocycles. The maximum atomic E-state index is 11.9. The zero-order valence-electron chi connectivity index (χ0n) is 11.3. The molecule has 0 spiro atoms. The molecular formula is C16H17BrN2O. The van der Waals surface area contributed by atoms with Crippen LogP contribution in [-0.4, -0.2) is 10.9 Å². The molecule has 0 aliphatic heterocycles. The average Bonchev–Trinajstić information content (AvgIpc) is 2.46. The Bertz CT molecular complexity index is 572. The third-order valence-electron chi connectivity index (χ3n) is 3.04. The van der Waals surface area contributed by atoms with Crippen LogP contribution in [0.4, 0.5) is 0 Å². The van der Waals surface area contributed by atoms with Gasteiger partial charge < -0.3 is 5.32 Å². The van der Waals surface area contributed by atoms with Crippen molar-refractivity contribution < 1.29 is 4.79 Å². The van der Waals surface area contributed by atoms with Gasteiger partial charge in [0, 0.05) is 17.1 Å². The highest BCUT2D eigenvalue weighted by Crippen LogP contribution is 2.13. The molecule has 0 radical (unpaired) electrons. The van der Waals surface area contributed by atoms with Gasteiger partial charge in [0.05, 0.1) is 11.7 Å². The Kier molecular flexibility index (Phi) is 5.30. The zero-order chi connectivity index (χ0) is 14.4. The molecule has 1 unspecified atom stereocenters. The van der Waals surface area contributed by atoms with Gasteiger partial charge >= 0.3 is 0 Å². The van der Waals surface area contributed by atoms with Gasteiger partial charge in [0.15, 0.2) is 0 Å². The summed E-state index contributed by atoms with van der Waals surface area (Å²) in [6.45, 7) is 1.94. The van der Waals surface area contributed by atoms with Crippen molar-refractivity contribution in [3.05, 3.63) is 64.4 Å². The van der Waals surface area contributed by atoms with Crippen molar-refractivity contribution in [3.63, 3.8) is 0 Å². The maximum Gasteiger partial charge on any atom is 0.220 e. The van der Waals surface area contributed by atoms with Crippen molar-refractivity contribution >= 4 is 21.8 Å². The van der Waals surface area contributed by atoms with E-state index in [9.17, 15) is 4.79 Å². The van der Waals surface area contributed by atoms with Gasteiger partial charge in [0.1, 0.15) is 0 Å². The molecule has 104 valence electrons. The predicted octanol–water partition coefficient (Wildman–Crippen LogP) is 3.65. The Morgan fingerprint density at radius 2 is 2.15 bits per heavy atom. The van der Waals surface area contributed by atoms with Crippen LogP contribution in [0.5, 0.6) is 0 Å². The lowest BCUT2D eigenvalue weighted by atomic mass is 10.1. The molecule has 20 heavy (non-hydrogen) atoms. The molecule has 3 nitrogen and oxygen atoms in total. The fourth-order valence-corrected chi connectivity index (χ4v) is 2.42. The van der Waals surface area contributed by atoms with E-state index < -0.39 is 0 Å². The third-order valence-corrected chi connectivity index (χ3v) is 3.53. The Hall–Kier alpha value is -1.68. The van der Waals surface area contributed by atoms with E-state index in [1.807, 2.05) is 49.4 Å². The maximum absolute atomic E-state index is 11.9. The van der Waals surface area contributed by atoms with Crippen LogP contribution in [0.3, 0.4) is 0 Å². The largest absolute Gasteiger partial charge is 0.348 e. The molecule has 1 aromatic heterocycles. The number of rotatable bonds is 5. The second-order valence-corrected chi connectivity index (χ2v) is 5.59. The molecule has 0 aliphatic rings. The van der Waals surface area contributed by atoms with Gasteiger partial charge in [0.25, 0.3) is 0 Å². The summed E-state index contributed by atoms with van der Waals surface area (Å²) < 4.78 is 1.04. The summed E-state index contributed by atoms with van der Waals surface area (Å²) in [6, 6.07) is 13.7. The number of amides is 1. The molecule has 0 saturated carbocycles. The molecule has 1 atom stereocenters. The van der Waals surface area contributed by atoms with Crippen LogP contribution < -0.4 is 5.32 Å². The highest BCUT2D eigenvalue weighted by Gasteiger charge is 2.10. The number of halogens is 1. The predicted molar refractivity (Wildman–Crippen MR) is 83.3 cm³/mol. The van der Waals surface area contributed by atoms with Crippen molar-refractivity contribution in [1.29, 1.82) is 0 Å². The number of benzene rings is 1. The van der Waals surface area contributed by atoms with Crippen LogP contribution in [-0.2, 0) is 11.2 Å². The Labute approximate surface area is 127 Å². The summed E-state index contributed by atoms with van der Waals surface area (Å²) in [6.07, 6.45) is 2.95. The molecule has 1 heterocycles. The Balaban J connectivity index is 1.84. The second kappa shape index (κ2) is 7.20. The van der Waals surface area contributed by atoms with E-state index in [-0.39, 0.29) is 11.9 Å². The molecule has 0 fully saturated rings. The lowest BCUT2D eigenvalue weighted by Gasteiger charge is -2.13. The van der Waals surface area contributed by atoms with Crippen LogP contribution in [0, 0.1) is 0 Å². The summed E-state index contributed by atoms with van der Waals surface area (Å²) in [7, 11) is 0. The van der Waals surface area contributed by atoms with Crippen molar-refractivity contribution in [3.8, 4) is 0 Å². The number of carbonyl (C=O) groups excluding carboxylic acids is 1. The number of aromatic nitrogens is 1. The SMILES string of the molecule is CC(NC(=O)CCc1cccc(Br)c1)c1ccccn1. The molecule has 0 bridgehead atoms. The summed E-state index contributed by atoms with van der Waals surface area (Å²) in [4.78, 5) is 16.2. The molecule has 1 aromatic carbocycles. The standard InChI is InChI=1S/C16H17BrN2O/c1-12(15-7-2-3-10-18-15)19-16(20)9-8-13-5-4-6-14(17)11-13/h2-7,10-12H,8-9H2,1H3,(H,19,20). The number of aryl methyl sites for hydroxylation is 1. The molecule has 4 heteroatoms. The van der Waals surface area contributed by atoms with Gasteiger partial charge in [-0.3, -0.25) is 9.78 Å². The molecule has 2 aromatic rings. The van der Waals surface area contributed by atoms with Gasteiger partial charge in [0.2, 0.25) is 5.91 Å². The number of hydrogen-bond acceptors (Lipinski definition) is 2. The summed E-state index contributed by atoms with van der Waals surface area (Å²) in [5, 5.41) is 2.97. The zero-order valence-corrected chi connectivity index (χ0v) is 12.9. The van der Waals surface area contributed by atoms with Gasteiger partial charge in [-0.25, -0.2) is 0 Å². The van der Waals surface area contributed by atoms with Crippen molar-refractivity contribution in [2.75, 3.05) is 0 Å². The van der Waals surface area contributed by atoms with E-state index in [0.717, 1.165) is 22.2 Å². The van der Waals surface area contributed by atoms with Crippen LogP contribution in [0.1, 0.15) is 30.6 Å². The molecule has 0 saturated heterocycles. The summed E-state index contributed by atoms with van der Waals surface area (Å²) in [5.41, 5.74) is 2.03. The van der Waals surface area contributed by atoms with E-state index in [1.54, 1.807) is 6.20 Å². The van der Waals surface area contributed by atoms with E-state index in [0.29, 0.717) is 6.42 Å². The number of nitrogens with zero attached hydrogens (tertiary/aromatic N) is 1. The Morgan fingerprint density at radius 3 is 2.85 bits per heavy atom. The first-order chi connectivity index (χ1) is 9.65. The van der Waals surface area contributed by atoms with Crippen LogP contribution >= 0.6 is 15.9 Å². The van der Waals surface area contributed by atoms with E-state index in [2.05, 4.69) is 26.2 Å². The van der Waals surface area contributed by atoms with E-state index in [1.165, 1.54) is 0 Å². The first-order valence-electron chi connectivity index (χ1n) is 6.60.